The number of carbonyl (C=O) groups is 2. The second-order valence-corrected chi connectivity index (χ2v) is 5.58. The van der Waals surface area contributed by atoms with E-state index in [1.165, 1.54) is 12.2 Å². The molecule has 1 saturated heterocycles. The number of aliphatic hydroxyl groups excluding tert-OH is 1. The highest BCUT2D eigenvalue weighted by Gasteiger charge is 2.37. The molecule has 7 heteroatoms. The summed E-state index contributed by atoms with van der Waals surface area (Å²) in [7, 11) is 0. The average Bonchev–Trinajstić information content (AvgIpc) is 2.82. The zero-order valence-electron chi connectivity index (χ0n) is 10.9. The first-order valence-corrected chi connectivity index (χ1v) is 6.98. The number of hydrogen-bond donors (Lipinski definition) is 2. The van der Waals surface area contributed by atoms with Crippen molar-refractivity contribution in [3.05, 3.63) is 39.9 Å². The standard InChI is InChI=1S/C14H13Cl2NO4/c15-9-2-3-11(16)8(5-9)1-4-13(19)17-7-10(18)6-12(17)14(20)21/h1-5,10,12,18H,6-7H2,(H,20,21)/b4-1+. The van der Waals surface area contributed by atoms with Crippen LogP contribution in [-0.4, -0.2) is 45.7 Å². The third-order valence-electron chi connectivity index (χ3n) is 3.21. The molecule has 1 fully saturated rings. The van der Waals surface area contributed by atoms with E-state index in [9.17, 15) is 14.7 Å². The summed E-state index contributed by atoms with van der Waals surface area (Å²) in [4.78, 5) is 24.3. The van der Waals surface area contributed by atoms with Crippen LogP contribution in [-0.2, 0) is 9.59 Å². The van der Waals surface area contributed by atoms with E-state index in [4.69, 9.17) is 28.3 Å². The van der Waals surface area contributed by atoms with Gasteiger partial charge in [-0.25, -0.2) is 4.79 Å². The van der Waals surface area contributed by atoms with E-state index in [0.29, 0.717) is 15.6 Å². The van der Waals surface area contributed by atoms with E-state index in [1.807, 2.05) is 0 Å². The number of nitrogens with zero attached hydrogens (tertiary/aromatic N) is 1. The number of carboxylic acid groups (broad SMARTS) is 1. The van der Waals surface area contributed by atoms with Crippen molar-refractivity contribution in [2.75, 3.05) is 6.54 Å². The van der Waals surface area contributed by atoms with Crippen molar-refractivity contribution in [3.8, 4) is 0 Å². The molecule has 21 heavy (non-hydrogen) atoms. The van der Waals surface area contributed by atoms with Crippen LogP contribution in [0.2, 0.25) is 10.0 Å². The molecule has 1 aromatic rings. The zero-order valence-corrected chi connectivity index (χ0v) is 12.4. The minimum atomic E-state index is -1.13. The topological polar surface area (TPSA) is 77.8 Å². The van der Waals surface area contributed by atoms with Gasteiger partial charge >= 0.3 is 5.97 Å². The molecule has 2 N–H and O–H groups in total. The molecule has 1 amide bonds. The summed E-state index contributed by atoms with van der Waals surface area (Å²) in [6, 6.07) is 3.82. The Labute approximate surface area is 131 Å². The maximum Gasteiger partial charge on any atom is 0.326 e. The van der Waals surface area contributed by atoms with Gasteiger partial charge in [0.1, 0.15) is 6.04 Å². The fraction of sp³-hybridized carbons (Fsp3) is 0.286. The molecular formula is C14H13Cl2NO4. The summed E-state index contributed by atoms with van der Waals surface area (Å²) in [5.41, 5.74) is 0.559. The number of carbonyl (C=O) groups excluding carboxylic acids is 1. The van der Waals surface area contributed by atoms with Gasteiger partial charge in [-0.1, -0.05) is 23.2 Å². The van der Waals surface area contributed by atoms with Crippen LogP contribution in [0.25, 0.3) is 6.08 Å². The number of rotatable bonds is 3. The second-order valence-electron chi connectivity index (χ2n) is 4.73. The van der Waals surface area contributed by atoms with E-state index >= 15 is 0 Å². The fourth-order valence-corrected chi connectivity index (χ4v) is 2.55. The summed E-state index contributed by atoms with van der Waals surface area (Å²) < 4.78 is 0. The lowest BCUT2D eigenvalue weighted by Crippen LogP contribution is -2.39. The van der Waals surface area contributed by atoms with Crippen LogP contribution in [0, 0.1) is 0 Å². The highest BCUT2D eigenvalue weighted by molar-refractivity contribution is 6.34. The van der Waals surface area contributed by atoms with E-state index in [-0.39, 0.29) is 13.0 Å². The van der Waals surface area contributed by atoms with Crippen LogP contribution in [0.5, 0.6) is 0 Å². The Kier molecular flexibility index (Phi) is 4.88. The Hall–Kier alpha value is -1.56. The predicted octanol–water partition coefficient (Wildman–Crippen LogP) is 2.05. The van der Waals surface area contributed by atoms with Crippen LogP contribution in [0.4, 0.5) is 0 Å². The van der Waals surface area contributed by atoms with Crippen LogP contribution < -0.4 is 0 Å². The molecule has 0 radical (unpaired) electrons. The molecule has 0 aromatic heterocycles. The first kappa shape index (κ1) is 15.8. The van der Waals surface area contributed by atoms with Gasteiger partial charge in [0, 0.05) is 29.1 Å². The summed E-state index contributed by atoms with van der Waals surface area (Å²) in [5, 5.41) is 19.5. The van der Waals surface area contributed by atoms with Crippen molar-refractivity contribution < 1.29 is 19.8 Å². The zero-order chi connectivity index (χ0) is 15.6. The van der Waals surface area contributed by atoms with Gasteiger partial charge in [0.05, 0.1) is 6.10 Å². The Balaban J connectivity index is 2.15. The van der Waals surface area contributed by atoms with Gasteiger partial charge in [0.15, 0.2) is 0 Å². The van der Waals surface area contributed by atoms with Crippen molar-refractivity contribution in [1.82, 2.24) is 4.90 Å². The Bertz CT molecular complexity index is 603. The van der Waals surface area contributed by atoms with Crippen molar-refractivity contribution >= 4 is 41.2 Å². The molecule has 0 bridgehead atoms. The highest BCUT2D eigenvalue weighted by atomic mass is 35.5. The van der Waals surface area contributed by atoms with E-state index in [2.05, 4.69) is 0 Å². The van der Waals surface area contributed by atoms with Gasteiger partial charge in [-0.15, -0.1) is 0 Å². The first-order valence-electron chi connectivity index (χ1n) is 6.23. The monoisotopic (exact) mass is 329 g/mol. The quantitative estimate of drug-likeness (QED) is 0.832. The number of aliphatic carboxylic acids is 1. The molecule has 1 aromatic carbocycles. The van der Waals surface area contributed by atoms with E-state index in [1.54, 1.807) is 18.2 Å². The highest BCUT2D eigenvalue weighted by Crippen LogP contribution is 2.23. The van der Waals surface area contributed by atoms with Gasteiger partial charge in [-0.2, -0.15) is 0 Å². The average molecular weight is 330 g/mol. The molecule has 0 spiro atoms. The fourth-order valence-electron chi connectivity index (χ4n) is 2.19. The molecule has 1 heterocycles. The summed E-state index contributed by atoms with van der Waals surface area (Å²) in [5.74, 6) is -1.62. The van der Waals surface area contributed by atoms with Gasteiger partial charge in [0.2, 0.25) is 5.91 Å². The van der Waals surface area contributed by atoms with Crippen LogP contribution in [0.15, 0.2) is 24.3 Å². The molecule has 1 aliphatic heterocycles. The summed E-state index contributed by atoms with van der Waals surface area (Å²) in [6.07, 6.45) is 1.91. The van der Waals surface area contributed by atoms with Crippen LogP contribution >= 0.6 is 23.2 Å². The Morgan fingerprint density at radius 1 is 1.33 bits per heavy atom. The molecule has 0 saturated carbocycles. The number of β-amino-alcohol motifs (C(OH)–C–C–N with tert-alkyl or cyclic N) is 1. The van der Waals surface area contributed by atoms with Gasteiger partial charge in [-0.3, -0.25) is 4.79 Å². The summed E-state index contributed by atoms with van der Waals surface area (Å²) in [6.45, 7) is 0.00339. The SMILES string of the molecule is O=C(O)C1CC(O)CN1C(=O)/C=C/c1cc(Cl)ccc1Cl. The maximum absolute atomic E-state index is 12.1. The molecule has 2 atom stereocenters. The van der Waals surface area contributed by atoms with E-state index in [0.717, 1.165) is 4.90 Å². The number of aliphatic hydroxyl groups is 1. The molecule has 2 unspecified atom stereocenters. The Morgan fingerprint density at radius 2 is 2.05 bits per heavy atom. The minimum absolute atomic E-state index is 0.00339. The number of likely N-dealkylation sites (tertiary alicyclic amines) is 1. The smallest absolute Gasteiger partial charge is 0.326 e. The van der Waals surface area contributed by atoms with E-state index < -0.39 is 24.0 Å². The summed E-state index contributed by atoms with van der Waals surface area (Å²) >= 11 is 11.8. The third-order valence-corrected chi connectivity index (χ3v) is 3.79. The number of amides is 1. The van der Waals surface area contributed by atoms with Gasteiger partial charge < -0.3 is 15.1 Å². The van der Waals surface area contributed by atoms with Gasteiger partial charge in [0.25, 0.3) is 0 Å². The minimum Gasteiger partial charge on any atom is -0.480 e. The Morgan fingerprint density at radius 3 is 2.71 bits per heavy atom. The number of benzene rings is 1. The molecule has 2 rings (SSSR count). The van der Waals surface area contributed by atoms with Crippen molar-refractivity contribution in [3.63, 3.8) is 0 Å². The molecule has 1 aliphatic rings. The molecule has 5 nitrogen and oxygen atoms in total. The van der Waals surface area contributed by atoms with Crippen LogP contribution in [0.3, 0.4) is 0 Å². The molecule has 112 valence electrons. The number of carboxylic acids is 1. The lowest BCUT2D eigenvalue weighted by molar-refractivity contribution is -0.146. The normalized spacial score (nSPS) is 22.0. The van der Waals surface area contributed by atoms with Crippen molar-refractivity contribution in [2.45, 2.75) is 18.6 Å². The number of hydrogen-bond acceptors (Lipinski definition) is 3. The predicted molar refractivity (Wildman–Crippen MR) is 79.3 cm³/mol. The largest absolute Gasteiger partial charge is 0.480 e. The molecule has 0 aliphatic carbocycles. The second kappa shape index (κ2) is 6.47. The van der Waals surface area contributed by atoms with Crippen molar-refractivity contribution in [2.24, 2.45) is 0 Å². The lowest BCUT2D eigenvalue weighted by atomic mass is 10.2. The van der Waals surface area contributed by atoms with Crippen molar-refractivity contribution in [1.29, 1.82) is 0 Å². The first-order chi connectivity index (χ1) is 9.88. The maximum atomic E-state index is 12.1. The number of halogens is 2. The lowest BCUT2D eigenvalue weighted by Gasteiger charge is -2.19. The third kappa shape index (κ3) is 3.75. The molecular weight excluding hydrogens is 317 g/mol. The van der Waals surface area contributed by atoms with Crippen LogP contribution in [0.1, 0.15) is 12.0 Å². The van der Waals surface area contributed by atoms with Gasteiger partial charge in [-0.05, 0) is 29.8 Å².